The van der Waals surface area contributed by atoms with Gasteiger partial charge in [-0.05, 0) is 25.1 Å². The van der Waals surface area contributed by atoms with Crippen LogP contribution in [0.1, 0.15) is 24.9 Å². The summed E-state index contributed by atoms with van der Waals surface area (Å²) >= 11 is 0. The van der Waals surface area contributed by atoms with E-state index in [9.17, 15) is 19.6 Å². The Bertz CT molecular complexity index is 1340. The van der Waals surface area contributed by atoms with Gasteiger partial charge in [0.2, 0.25) is 5.91 Å². The van der Waals surface area contributed by atoms with Crippen molar-refractivity contribution in [2.45, 2.75) is 37.2 Å². The van der Waals surface area contributed by atoms with E-state index in [0.717, 1.165) is 5.06 Å². The first-order valence-electron chi connectivity index (χ1n) is 10.0. The number of rotatable bonds is 1. The number of ether oxygens (including phenoxy) is 1. The first-order chi connectivity index (χ1) is 14.9. The summed E-state index contributed by atoms with van der Waals surface area (Å²) in [5, 5.41) is 12.1. The van der Waals surface area contributed by atoms with Gasteiger partial charge in [0, 0.05) is 12.0 Å². The number of aromatic nitrogens is 2. The molecule has 3 aliphatic rings. The van der Waals surface area contributed by atoms with Crippen LogP contribution in [0.25, 0.3) is 10.9 Å². The molecule has 4 atom stereocenters. The van der Waals surface area contributed by atoms with E-state index in [2.05, 4.69) is 4.98 Å². The highest BCUT2D eigenvalue weighted by Crippen LogP contribution is 2.56. The standard InChI is InChI=1S/C22H18N4O5/c1-12-18(27)25-16-9-5-3-7-14(16)22(21(25)26(12)30)10-17(20(29)31-22)24-11-23-15-8-4-2-6-13(15)19(24)28/h2-9,11-12,17,21,30H,10H2,1H3/t12-,17?,21+,22+/m0/s1. The quantitative estimate of drug-likeness (QED) is 0.598. The van der Waals surface area contributed by atoms with E-state index in [0.29, 0.717) is 22.2 Å². The van der Waals surface area contributed by atoms with Crippen LogP contribution in [0.15, 0.2) is 59.7 Å². The van der Waals surface area contributed by atoms with E-state index < -0.39 is 29.8 Å². The first kappa shape index (κ1) is 18.2. The van der Waals surface area contributed by atoms with Crippen LogP contribution >= 0.6 is 0 Å². The average molecular weight is 418 g/mol. The van der Waals surface area contributed by atoms with Gasteiger partial charge < -0.3 is 9.94 Å². The highest BCUT2D eigenvalue weighted by Gasteiger charge is 2.67. The Morgan fingerprint density at radius 2 is 1.84 bits per heavy atom. The zero-order chi connectivity index (χ0) is 21.5. The van der Waals surface area contributed by atoms with Crippen molar-refractivity contribution in [1.29, 1.82) is 0 Å². The zero-order valence-corrected chi connectivity index (χ0v) is 16.5. The molecule has 3 aliphatic heterocycles. The largest absolute Gasteiger partial charge is 0.449 e. The second-order valence-electron chi connectivity index (χ2n) is 8.16. The van der Waals surface area contributed by atoms with Crippen molar-refractivity contribution in [3.8, 4) is 0 Å². The molecule has 1 unspecified atom stereocenters. The molecule has 1 amide bonds. The monoisotopic (exact) mass is 418 g/mol. The third kappa shape index (κ3) is 2.16. The van der Waals surface area contributed by atoms with Gasteiger partial charge in [0.15, 0.2) is 11.8 Å². The van der Waals surface area contributed by atoms with Crippen molar-refractivity contribution in [2.24, 2.45) is 0 Å². The Hall–Kier alpha value is -3.56. The van der Waals surface area contributed by atoms with Crippen LogP contribution in [0.2, 0.25) is 0 Å². The first-order valence-corrected chi connectivity index (χ1v) is 10.0. The van der Waals surface area contributed by atoms with E-state index in [4.69, 9.17) is 4.74 Å². The third-order valence-electron chi connectivity index (χ3n) is 6.60. The molecule has 9 nitrogen and oxygen atoms in total. The van der Waals surface area contributed by atoms with Crippen molar-refractivity contribution in [3.05, 3.63) is 70.8 Å². The predicted octanol–water partition coefficient (Wildman–Crippen LogP) is 1.55. The number of carbonyl (C=O) groups excluding carboxylic acids is 2. The summed E-state index contributed by atoms with van der Waals surface area (Å²) in [6.45, 7) is 1.60. The van der Waals surface area contributed by atoms with Crippen LogP contribution in [0, 0.1) is 0 Å². The fraction of sp³-hybridized carbons (Fsp3) is 0.273. The Morgan fingerprint density at radius 3 is 2.68 bits per heavy atom. The topological polar surface area (TPSA) is 105 Å². The minimum absolute atomic E-state index is 0.0843. The molecular formula is C22H18N4O5. The molecule has 6 rings (SSSR count). The molecule has 4 heterocycles. The molecular weight excluding hydrogens is 400 g/mol. The Morgan fingerprint density at radius 1 is 1.10 bits per heavy atom. The molecule has 0 aliphatic carbocycles. The summed E-state index contributed by atoms with van der Waals surface area (Å²) in [7, 11) is 0. The number of amides is 1. The number of hydrogen-bond donors (Lipinski definition) is 1. The molecule has 31 heavy (non-hydrogen) atoms. The number of hydrogen-bond acceptors (Lipinski definition) is 7. The van der Waals surface area contributed by atoms with Gasteiger partial charge in [-0.2, -0.15) is 5.06 Å². The molecule has 2 saturated heterocycles. The van der Waals surface area contributed by atoms with Crippen LogP contribution in [-0.2, 0) is 19.9 Å². The molecule has 9 heteroatoms. The van der Waals surface area contributed by atoms with Crippen LogP contribution in [0.5, 0.6) is 0 Å². The lowest BCUT2D eigenvalue weighted by Crippen LogP contribution is -2.49. The minimum atomic E-state index is -1.29. The average Bonchev–Trinajstić information content (AvgIpc) is 3.35. The van der Waals surface area contributed by atoms with Gasteiger partial charge in [-0.1, -0.05) is 30.3 Å². The molecule has 0 saturated carbocycles. The van der Waals surface area contributed by atoms with Crippen molar-refractivity contribution < 1.29 is 19.5 Å². The van der Waals surface area contributed by atoms with E-state index in [1.54, 1.807) is 55.5 Å². The maximum Gasteiger partial charge on any atom is 0.330 e. The van der Waals surface area contributed by atoms with Gasteiger partial charge in [-0.15, -0.1) is 0 Å². The van der Waals surface area contributed by atoms with Gasteiger partial charge in [-0.25, -0.2) is 9.78 Å². The summed E-state index contributed by atoms with van der Waals surface area (Å²) in [6, 6.07) is 12.4. The SMILES string of the molecule is C[C@H]1C(=O)N2c3ccccc3[C@]3(CC(n4cnc5ccccc5c4=O)C(=O)O3)[C@H]2N1O. The number of benzene rings is 2. The molecule has 0 radical (unpaired) electrons. The molecule has 156 valence electrons. The Balaban J connectivity index is 1.51. The van der Waals surface area contributed by atoms with Crippen LogP contribution in [0.3, 0.4) is 0 Å². The number of anilines is 1. The molecule has 1 aromatic heterocycles. The number of para-hydroxylation sites is 2. The van der Waals surface area contributed by atoms with E-state index in [1.165, 1.54) is 15.8 Å². The summed E-state index contributed by atoms with van der Waals surface area (Å²) in [4.78, 5) is 44.8. The number of fused-ring (bicyclic) bond motifs is 6. The lowest BCUT2D eigenvalue weighted by molar-refractivity contribution is -0.190. The zero-order valence-electron chi connectivity index (χ0n) is 16.5. The molecule has 3 aromatic rings. The lowest BCUT2D eigenvalue weighted by atomic mass is 9.88. The second kappa shape index (κ2) is 5.99. The van der Waals surface area contributed by atoms with Gasteiger partial charge >= 0.3 is 5.97 Å². The Labute approximate surface area is 176 Å². The highest BCUT2D eigenvalue weighted by molar-refractivity contribution is 6.02. The number of nitrogens with zero attached hydrogens (tertiary/aromatic N) is 4. The summed E-state index contributed by atoms with van der Waals surface area (Å²) in [6.07, 6.45) is 0.541. The maximum atomic E-state index is 13.1. The van der Waals surface area contributed by atoms with Crippen molar-refractivity contribution in [2.75, 3.05) is 4.90 Å². The normalized spacial score (nSPS) is 29.6. The summed E-state index contributed by atoms with van der Waals surface area (Å²) in [5.41, 5.74) is 0.136. The molecule has 1 spiro atoms. The predicted molar refractivity (Wildman–Crippen MR) is 108 cm³/mol. The second-order valence-corrected chi connectivity index (χ2v) is 8.16. The fourth-order valence-corrected chi connectivity index (χ4v) is 5.12. The van der Waals surface area contributed by atoms with Gasteiger partial charge in [0.1, 0.15) is 12.1 Å². The molecule has 0 bridgehead atoms. The smallest absolute Gasteiger partial charge is 0.330 e. The molecule has 2 fully saturated rings. The van der Waals surface area contributed by atoms with Crippen LogP contribution in [-0.4, -0.2) is 43.9 Å². The van der Waals surface area contributed by atoms with Gasteiger partial charge in [0.25, 0.3) is 5.56 Å². The Kier molecular flexibility index (Phi) is 3.52. The van der Waals surface area contributed by atoms with Crippen LogP contribution < -0.4 is 10.5 Å². The van der Waals surface area contributed by atoms with Crippen LogP contribution in [0.4, 0.5) is 5.69 Å². The van der Waals surface area contributed by atoms with E-state index in [-0.39, 0.29) is 17.9 Å². The number of hydroxylamine groups is 2. The number of esters is 1. The maximum absolute atomic E-state index is 13.1. The fourth-order valence-electron chi connectivity index (χ4n) is 5.12. The summed E-state index contributed by atoms with van der Waals surface area (Å²) in [5.74, 6) is -0.878. The minimum Gasteiger partial charge on any atom is -0.449 e. The van der Waals surface area contributed by atoms with Crippen molar-refractivity contribution in [3.63, 3.8) is 0 Å². The van der Waals surface area contributed by atoms with E-state index >= 15 is 0 Å². The molecule has 1 N–H and O–H groups in total. The third-order valence-corrected chi connectivity index (χ3v) is 6.60. The van der Waals surface area contributed by atoms with Gasteiger partial charge in [0.05, 0.1) is 22.9 Å². The summed E-state index contributed by atoms with van der Waals surface area (Å²) < 4.78 is 7.21. The molecule has 2 aromatic carbocycles. The highest BCUT2D eigenvalue weighted by atomic mass is 16.6. The van der Waals surface area contributed by atoms with Crippen molar-refractivity contribution >= 4 is 28.5 Å². The number of carbonyl (C=O) groups is 2. The van der Waals surface area contributed by atoms with E-state index in [1.807, 2.05) is 0 Å². The lowest BCUT2D eigenvalue weighted by Gasteiger charge is -2.33. The van der Waals surface area contributed by atoms with Crippen molar-refractivity contribution in [1.82, 2.24) is 14.6 Å². The van der Waals surface area contributed by atoms with Gasteiger partial charge in [-0.3, -0.25) is 19.1 Å².